The number of nitrogens with zero attached hydrogens (tertiary/aromatic N) is 2. The molecule has 0 radical (unpaired) electrons. The van der Waals surface area contributed by atoms with E-state index < -0.39 is 0 Å². The molecule has 65 heavy (non-hydrogen) atoms. The molecule has 0 fully saturated rings. The zero-order valence-electron chi connectivity index (χ0n) is 37.5. The van der Waals surface area contributed by atoms with E-state index in [4.69, 9.17) is 0 Å². The number of hydrogen-bond donors (Lipinski definition) is 0. The zero-order valence-corrected chi connectivity index (χ0v) is 41.9. The number of benzene rings is 8. The van der Waals surface area contributed by atoms with E-state index in [-0.39, 0.29) is 26.2 Å². The second-order valence-corrected chi connectivity index (χ2v) is 17.6. The third-order valence-corrected chi connectivity index (χ3v) is 13.7. The second-order valence-electron chi connectivity index (χ2n) is 15.1. The van der Waals surface area contributed by atoms with Gasteiger partial charge in [-0.25, -0.2) is 0 Å². The molecule has 5 heteroatoms. The van der Waals surface area contributed by atoms with Crippen LogP contribution in [0.3, 0.4) is 0 Å². The molecule has 0 atom stereocenters. The molecule has 318 valence electrons. The molecule has 0 aliphatic carbocycles. The topological polar surface area (TPSA) is 28.2 Å². The number of hydrogen-bond acceptors (Lipinski definition) is 0. The van der Waals surface area contributed by atoms with Gasteiger partial charge in [-0.1, -0.05) is 243 Å². The summed E-state index contributed by atoms with van der Waals surface area (Å²) in [5.74, 6) is 0. The van der Waals surface area contributed by atoms with E-state index in [9.17, 15) is 0 Å². The fourth-order valence-electron chi connectivity index (χ4n) is 7.86. The maximum atomic E-state index is 3.50. The van der Waals surface area contributed by atoms with Gasteiger partial charge in [0.1, 0.15) is 0 Å². The molecule has 0 saturated carbocycles. The molecule has 0 spiro atoms. The molecular formula is C60H54N2P2Zr. The summed E-state index contributed by atoms with van der Waals surface area (Å²) in [6.07, 6.45) is 0. The summed E-state index contributed by atoms with van der Waals surface area (Å²) in [6.45, 7) is 0. The Morgan fingerprint density at radius 3 is 0.477 bits per heavy atom. The van der Waals surface area contributed by atoms with Crippen molar-refractivity contribution in [3.05, 3.63) is 253 Å². The van der Waals surface area contributed by atoms with Gasteiger partial charge in [-0.05, 0) is 44.5 Å². The summed E-state index contributed by atoms with van der Waals surface area (Å²) in [5.41, 5.74) is 15.8. The number of rotatable bonds is 8. The maximum Gasteiger partial charge on any atom is 2.00 e. The monoisotopic (exact) mass is 954 g/mol. The van der Waals surface area contributed by atoms with E-state index >= 15 is 0 Å². The Labute approximate surface area is 409 Å². The van der Waals surface area contributed by atoms with Crippen LogP contribution in [0.4, 0.5) is 0 Å². The van der Waals surface area contributed by atoms with E-state index in [0.29, 0.717) is 16.4 Å². The molecule has 0 amide bonds. The van der Waals surface area contributed by atoms with Crippen molar-refractivity contribution in [1.29, 1.82) is 0 Å². The van der Waals surface area contributed by atoms with Crippen molar-refractivity contribution in [3.63, 3.8) is 0 Å². The van der Waals surface area contributed by atoms with Crippen molar-refractivity contribution in [2.24, 2.45) is 0 Å². The van der Waals surface area contributed by atoms with Crippen LogP contribution in [-0.2, 0) is 26.2 Å². The van der Waals surface area contributed by atoms with Gasteiger partial charge in [-0.15, -0.1) is 16.4 Å². The molecule has 0 unspecified atom stereocenters. The molecular weight excluding hydrogens is 902 g/mol. The minimum atomic E-state index is 0. The molecule has 2 aromatic heterocycles. The van der Waals surface area contributed by atoms with E-state index in [2.05, 4.69) is 253 Å². The Hall–Kier alpha value is -5.88. The van der Waals surface area contributed by atoms with Gasteiger partial charge in [0.15, 0.2) is 0 Å². The fourth-order valence-corrected chi connectivity index (χ4v) is 11.2. The first-order chi connectivity index (χ1) is 31.7. The maximum absolute atomic E-state index is 3.50. The first kappa shape index (κ1) is 48.6. The minimum absolute atomic E-state index is 0. The van der Waals surface area contributed by atoms with Crippen LogP contribution < -0.4 is 0 Å². The van der Waals surface area contributed by atoms with Crippen molar-refractivity contribution in [2.45, 2.75) is 0 Å². The summed E-state index contributed by atoms with van der Waals surface area (Å²) < 4.78 is 0. The predicted octanol–water partition coefficient (Wildman–Crippen LogP) is 18.0. The van der Waals surface area contributed by atoms with Crippen LogP contribution in [0.2, 0.25) is 0 Å². The van der Waals surface area contributed by atoms with Crippen LogP contribution >= 0.6 is 16.4 Å². The van der Waals surface area contributed by atoms with Crippen LogP contribution in [-0.4, -0.2) is 28.2 Å². The van der Waals surface area contributed by atoms with Crippen molar-refractivity contribution >= 4 is 16.4 Å². The second kappa shape index (κ2) is 25.6. The molecule has 8 aromatic carbocycles. The molecule has 10 aromatic rings. The summed E-state index contributed by atoms with van der Waals surface area (Å²) >= 11 is 0. The quantitative estimate of drug-likeness (QED) is 0.145. The Kier molecular flexibility index (Phi) is 19.1. The first-order valence-corrected chi connectivity index (χ1v) is 23.6. The third kappa shape index (κ3) is 12.3. The van der Waals surface area contributed by atoms with E-state index in [1.54, 1.807) is 28.2 Å². The molecule has 0 bridgehead atoms. The Balaban J connectivity index is 0.000000190. The van der Waals surface area contributed by atoms with Gasteiger partial charge >= 0.3 is 26.2 Å². The SMILES string of the molecule is C[N-]C.C[N-]C.[Zr+2].c1ccc(-c2[pH]c(-c3ccccc3)c(-c3ccccc3)c2-c2ccccc2)cc1.c1ccc(-c2[pH]c(-c3ccccc3)c(-c3ccccc3)c2-c2ccccc2)cc1. The van der Waals surface area contributed by atoms with Crippen molar-refractivity contribution in [2.75, 3.05) is 28.2 Å². The van der Waals surface area contributed by atoms with Gasteiger partial charge in [0.25, 0.3) is 0 Å². The Morgan fingerprint density at radius 1 is 0.215 bits per heavy atom. The molecule has 10 rings (SSSR count). The van der Waals surface area contributed by atoms with Gasteiger partial charge in [0.2, 0.25) is 0 Å². The zero-order chi connectivity index (χ0) is 44.4. The molecule has 2 nitrogen and oxygen atoms in total. The van der Waals surface area contributed by atoms with Crippen molar-refractivity contribution in [3.8, 4) is 87.9 Å². The van der Waals surface area contributed by atoms with Crippen LogP contribution in [0.1, 0.15) is 0 Å². The van der Waals surface area contributed by atoms with Gasteiger partial charge in [0, 0.05) is 43.4 Å². The van der Waals surface area contributed by atoms with E-state index in [0.717, 1.165) is 0 Å². The fraction of sp³-hybridized carbons (Fsp3) is 0.0667. The average molecular weight is 956 g/mol. The molecule has 0 aliphatic rings. The van der Waals surface area contributed by atoms with Crippen LogP contribution in [0, 0.1) is 0 Å². The average Bonchev–Trinajstić information content (AvgIpc) is 3.98. The van der Waals surface area contributed by atoms with Crippen molar-refractivity contribution in [1.82, 2.24) is 0 Å². The van der Waals surface area contributed by atoms with Gasteiger partial charge in [0.05, 0.1) is 0 Å². The minimum Gasteiger partial charge on any atom is -0.668 e. The summed E-state index contributed by atoms with van der Waals surface area (Å²) in [5, 5.41) is 12.7. The van der Waals surface area contributed by atoms with Gasteiger partial charge in [-0.2, -0.15) is 28.2 Å². The molecule has 0 saturated heterocycles. The normalized spacial score (nSPS) is 10.2. The van der Waals surface area contributed by atoms with Gasteiger partial charge < -0.3 is 10.6 Å². The largest absolute Gasteiger partial charge is 2.00 e. The summed E-state index contributed by atoms with van der Waals surface area (Å²) in [7, 11) is 8.23. The standard InChI is InChI=1S/2C28H21P.2C2H6N.Zr/c2*1-5-13-21(14-6-1)25-26(22-15-7-2-8-16-22)28(24-19-11-4-12-20-24)29-27(25)23-17-9-3-10-18-23;2*1-3-2;/h2*1-20,29H;2*1-2H3;/q;;2*-1;+2. The van der Waals surface area contributed by atoms with Gasteiger partial charge in [-0.3, -0.25) is 0 Å². The summed E-state index contributed by atoms with van der Waals surface area (Å²) in [4.78, 5) is 0. The van der Waals surface area contributed by atoms with Crippen LogP contribution in [0.25, 0.3) is 98.6 Å². The van der Waals surface area contributed by atoms with Crippen LogP contribution in [0.5, 0.6) is 0 Å². The van der Waals surface area contributed by atoms with E-state index in [1.807, 2.05) is 0 Å². The molecule has 0 aliphatic heterocycles. The Bertz CT molecular complexity index is 2470. The Morgan fingerprint density at radius 2 is 0.338 bits per heavy atom. The van der Waals surface area contributed by atoms with E-state index in [1.165, 1.54) is 87.9 Å². The summed E-state index contributed by atoms with van der Waals surface area (Å²) in [6, 6.07) is 86.7. The van der Waals surface area contributed by atoms with Crippen LogP contribution in [0.15, 0.2) is 243 Å². The predicted molar refractivity (Wildman–Crippen MR) is 286 cm³/mol. The van der Waals surface area contributed by atoms with Crippen molar-refractivity contribution < 1.29 is 26.2 Å². The molecule has 0 N–H and O–H groups in total. The smallest absolute Gasteiger partial charge is 0.668 e. The first-order valence-electron chi connectivity index (χ1n) is 21.6. The molecule has 2 heterocycles. The third-order valence-electron chi connectivity index (χ3n) is 10.5.